The van der Waals surface area contributed by atoms with E-state index >= 15 is 0 Å². The molecule has 0 aliphatic carbocycles. The van der Waals surface area contributed by atoms with Gasteiger partial charge in [-0.15, -0.1) is 0 Å². The number of halogens is 2. The molecule has 1 aromatic rings. The molecule has 4 heteroatoms. The van der Waals surface area contributed by atoms with E-state index in [2.05, 4.69) is 10.2 Å². The molecule has 0 saturated carbocycles. The molecule has 88 valence electrons. The molecule has 0 bridgehead atoms. The molecule has 2 rings (SSSR count). The van der Waals surface area contributed by atoms with E-state index in [0.29, 0.717) is 5.56 Å². The lowest BCUT2D eigenvalue weighted by atomic mass is 10.1. The van der Waals surface area contributed by atoms with Gasteiger partial charge in [-0.1, -0.05) is 12.1 Å². The van der Waals surface area contributed by atoms with Gasteiger partial charge in [-0.3, -0.25) is 4.90 Å². The first kappa shape index (κ1) is 11.5. The highest BCUT2D eigenvalue weighted by Gasteiger charge is 2.21. The summed E-state index contributed by atoms with van der Waals surface area (Å²) in [6.45, 7) is 5.47. The number of nitrogens with one attached hydrogen (secondary N) is 1. The van der Waals surface area contributed by atoms with E-state index in [1.54, 1.807) is 12.1 Å². The van der Waals surface area contributed by atoms with Crippen molar-refractivity contribution < 1.29 is 8.78 Å². The standard InChI is InChI=1S/C12H16F2N2/c1-9(16-7-5-15-6-8-16)10-3-2-4-11(13)12(10)14/h2-4,9,15H,5-8H2,1H3/t9-/m0/s1. The lowest BCUT2D eigenvalue weighted by Gasteiger charge is -2.33. The summed E-state index contributed by atoms with van der Waals surface area (Å²) >= 11 is 0. The van der Waals surface area contributed by atoms with Crippen molar-refractivity contribution in [1.82, 2.24) is 10.2 Å². The maximum absolute atomic E-state index is 13.6. The van der Waals surface area contributed by atoms with Gasteiger partial charge < -0.3 is 5.32 Å². The molecule has 2 nitrogen and oxygen atoms in total. The SMILES string of the molecule is C[C@@H](c1cccc(F)c1F)N1CCNCC1. The summed E-state index contributed by atoms with van der Waals surface area (Å²) < 4.78 is 26.7. The van der Waals surface area contributed by atoms with Crippen molar-refractivity contribution in [2.75, 3.05) is 26.2 Å². The van der Waals surface area contributed by atoms with Crippen molar-refractivity contribution in [3.63, 3.8) is 0 Å². The average Bonchev–Trinajstić information content (AvgIpc) is 2.33. The summed E-state index contributed by atoms with van der Waals surface area (Å²) in [7, 11) is 0. The van der Waals surface area contributed by atoms with Gasteiger partial charge in [0.05, 0.1) is 0 Å². The summed E-state index contributed by atoms with van der Waals surface area (Å²) in [5.74, 6) is -1.48. The Hall–Kier alpha value is -1.00. The van der Waals surface area contributed by atoms with Gasteiger partial charge in [0.1, 0.15) is 0 Å². The quantitative estimate of drug-likeness (QED) is 0.829. The second-order valence-electron chi connectivity index (χ2n) is 4.10. The normalized spacial score (nSPS) is 19.7. The first-order valence-electron chi connectivity index (χ1n) is 5.59. The number of nitrogens with zero attached hydrogens (tertiary/aromatic N) is 1. The lowest BCUT2D eigenvalue weighted by molar-refractivity contribution is 0.181. The Labute approximate surface area is 94.3 Å². The van der Waals surface area contributed by atoms with Crippen LogP contribution in [-0.2, 0) is 0 Å². The van der Waals surface area contributed by atoms with E-state index in [1.165, 1.54) is 0 Å². The Morgan fingerprint density at radius 1 is 1.25 bits per heavy atom. The second-order valence-corrected chi connectivity index (χ2v) is 4.10. The second kappa shape index (κ2) is 4.89. The van der Waals surface area contributed by atoms with Gasteiger partial charge in [0.25, 0.3) is 0 Å². The van der Waals surface area contributed by atoms with Crippen LogP contribution in [-0.4, -0.2) is 31.1 Å². The number of hydrogen-bond donors (Lipinski definition) is 1. The Morgan fingerprint density at radius 2 is 1.94 bits per heavy atom. The fourth-order valence-electron chi connectivity index (χ4n) is 2.11. The topological polar surface area (TPSA) is 15.3 Å². The molecule has 1 aliphatic heterocycles. The van der Waals surface area contributed by atoms with Gasteiger partial charge in [-0.2, -0.15) is 0 Å². The third-order valence-corrected chi connectivity index (χ3v) is 3.13. The van der Waals surface area contributed by atoms with Gasteiger partial charge in [-0.25, -0.2) is 8.78 Å². The Kier molecular flexibility index (Phi) is 3.51. The van der Waals surface area contributed by atoms with E-state index in [1.807, 2.05) is 6.92 Å². The minimum atomic E-state index is -0.764. The van der Waals surface area contributed by atoms with Crippen LogP contribution in [0.25, 0.3) is 0 Å². The first-order valence-corrected chi connectivity index (χ1v) is 5.59. The van der Waals surface area contributed by atoms with Gasteiger partial charge in [0.15, 0.2) is 11.6 Å². The molecule has 1 atom stereocenters. The minimum Gasteiger partial charge on any atom is -0.314 e. The molecule has 0 amide bonds. The van der Waals surface area contributed by atoms with Gasteiger partial charge >= 0.3 is 0 Å². The first-order chi connectivity index (χ1) is 7.70. The molecule has 1 N–H and O–H groups in total. The van der Waals surface area contributed by atoms with Crippen LogP contribution in [0, 0.1) is 11.6 Å². The number of benzene rings is 1. The van der Waals surface area contributed by atoms with E-state index in [0.717, 1.165) is 32.2 Å². The highest BCUT2D eigenvalue weighted by molar-refractivity contribution is 5.22. The van der Waals surface area contributed by atoms with Crippen molar-refractivity contribution in [3.05, 3.63) is 35.4 Å². The largest absolute Gasteiger partial charge is 0.314 e. The number of rotatable bonds is 2. The van der Waals surface area contributed by atoms with Crippen molar-refractivity contribution in [1.29, 1.82) is 0 Å². The number of piperazine rings is 1. The smallest absolute Gasteiger partial charge is 0.163 e. The van der Waals surface area contributed by atoms with Crippen LogP contribution in [0.2, 0.25) is 0 Å². The maximum Gasteiger partial charge on any atom is 0.163 e. The van der Waals surface area contributed by atoms with E-state index in [4.69, 9.17) is 0 Å². The molecule has 1 saturated heterocycles. The van der Waals surface area contributed by atoms with Crippen molar-refractivity contribution in [2.24, 2.45) is 0 Å². The van der Waals surface area contributed by atoms with Crippen LogP contribution in [0.4, 0.5) is 8.78 Å². The monoisotopic (exact) mass is 226 g/mol. The zero-order valence-electron chi connectivity index (χ0n) is 9.34. The third-order valence-electron chi connectivity index (χ3n) is 3.13. The minimum absolute atomic E-state index is 0.0715. The molecule has 16 heavy (non-hydrogen) atoms. The highest BCUT2D eigenvalue weighted by atomic mass is 19.2. The molecule has 0 unspecified atom stereocenters. The average molecular weight is 226 g/mol. The van der Waals surface area contributed by atoms with Crippen LogP contribution in [0.1, 0.15) is 18.5 Å². The Balaban J connectivity index is 2.19. The van der Waals surface area contributed by atoms with Gasteiger partial charge in [-0.05, 0) is 13.0 Å². The highest BCUT2D eigenvalue weighted by Crippen LogP contribution is 2.24. The zero-order valence-corrected chi connectivity index (χ0v) is 9.34. The van der Waals surface area contributed by atoms with E-state index in [-0.39, 0.29) is 6.04 Å². The molecule has 0 spiro atoms. The fraction of sp³-hybridized carbons (Fsp3) is 0.500. The Morgan fingerprint density at radius 3 is 2.62 bits per heavy atom. The van der Waals surface area contributed by atoms with Crippen LogP contribution >= 0.6 is 0 Å². The lowest BCUT2D eigenvalue weighted by Crippen LogP contribution is -2.44. The zero-order chi connectivity index (χ0) is 11.5. The molecule has 0 aromatic heterocycles. The molecule has 1 heterocycles. The van der Waals surface area contributed by atoms with Crippen molar-refractivity contribution in [2.45, 2.75) is 13.0 Å². The molecule has 1 fully saturated rings. The fourth-order valence-corrected chi connectivity index (χ4v) is 2.11. The predicted molar refractivity (Wildman–Crippen MR) is 59.2 cm³/mol. The predicted octanol–water partition coefficient (Wildman–Crippen LogP) is 1.93. The van der Waals surface area contributed by atoms with Gasteiger partial charge in [0, 0.05) is 37.8 Å². The van der Waals surface area contributed by atoms with Crippen LogP contribution in [0.15, 0.2) is 18.2 Å². The molecular weight excluding hydrogens is 210 g/mol. The Bertz CT molecular complexity index is 362. The maximum atomic E-state index is 13.6. The summed E-state index contributed by atoms with van der Waals surface area (Å²) in [5, 5.41) is 3.24. The van der Waals surface area contributed by atoms with E-state index < -0.39 is 11.6 Å². The number of hydrogen-bond acceptors (Lipinski definition) is 2. The van der Waals surface area contributed by atoms with Crippen molar-refractivity contribution in [3.8, 4) is 0 Å². The van der Waals surface area contributed by atoms with Crippen LogP contribution in [0.3, 0.4) is 0 Å². The summed E-state index contributed by atoms with van der Waals surface area (Å²) in [4.78, 5) is 2.16. The summed E-state index contributed by atoms with van der Waals surface area (Å²) in [6, 6.07) is 4.30. The van der Waals surface area contributed by atoms with Gasteiger partial charge in [0.2, 0.25) is 0 Å². The van der Waals surface area contributed by atoms with E-state index in [9.17, 15) is 8.78 Å². The molecule has 1 aromatic carbocycles. The van der Waals surface area contributed by atoms with Crippen molar-refractivity contribution >= 4 is 0 Å². The van der Waals surface area contributed by atoms with Crippen LogP contribution < -0.4 is 5.32 Å². The molecule has 1 aliphatic rings. The van der Waals surface area contributed by atoms with Crippen LogP contribution in [0.5, 0.6) is 0 Å². The summed E-state index contributed by atoms with van der Waals surface area (Å²) in [5.41, 5.74) is 0.446. The molecule has 0 radical (unpaired) electrons. The third kappa shape index (κ3) is 2.23. The molecular formula is C12H16F2N2. The summed E-state index contributed by atoms with van der Waals surface area (Å²) in [6.07, 6.45) is 0.